The van der Waals surface area contributed by atoms with Gasteiger partial charge in [0.05, 0.1) is 22.4 Å². The zero-order valence-electron chi connectivity index (χ0n) is 14.1. The number of carbonyl (C=O) groups excluding carboxylic acids is 1. The number of hydrogen-bond donors (Lipinski definition) is 1. The topological polar surface area (TPSA) is 38.3 Å². The first-order valence-corrected chi connectivity index (χ1v) is 8.15. The average Bonchev–Trinajstić information content (AvgIpc) is 2.54. The van der Waals surface area contributed by atoms with Crippen LogP contribution in [0.2, 0.25) is 5.02 Å². The van der Waals surface area contributed by atoms with E-state index >= 15 is 0 Å². The van der Waals surface area contributed by atoms with E-state index in [1.165, 1.54) is 12.2 Å². The van der Waals surface area contributed by atoms with Crippen LogP contribution in [0.5, 0.6) is 5.75 Å². The Morgan fingerprint density at radius 1 is 1.19 bits per heavy atom. The first kappa shape index (κ1) is 19.8. The van der Waals surface area contributed by atoms with Gasteiger partial charge in [0.25, 0.3) is 0 Å². The molecular weight excluding hydrogens is 367 g/mol. The predicted molar refractivity (Wildman–Crippen MR) is 96.3 cm³/mol. The SMILES string of the molecule is CC(C)Oc1cccc(/C=C/C(=O)Nc2cc(C(F)(F)F)ccc2Cl)c1. The van der Waals surface area contributed by atoms with Gasteiger partial charge >= 0.3 is 6.18 Å². The average molecular weight is 384 g/mol. The summed E-state index contributed by atoms with van der Waals surface area (Å²) in [4.78, 5) is 12.0. The minimum Gasteiger partial charge on any atom is -0.491 e. The number of amides is 1. The van der Waals surface area contributed by atoms with Crippen LogP contribution in [0.4, 0.5) is 18.9 Å². The summed E-state index contributed by atoms with van der Waals surface area (Å²) >= 11 is 5.85. The molecule has 0 unspecified atom stereocenters. The van der Waals surface area contributed by atoms with E-state index in [-0.39, 0.29) is 16.8 Å². The predicted octanol–water partition coefficient (Wildman–Crippen LogP) is 5.80. The Hall–Kier alpha value is -2.47. The first-order valence-electron chi connectivity index (χ1n) is 7.77. The van der Waals surface area contributed by atoms with Crippen LogP contribution in [0.3, 0.4) is 0 Å². The Bertz CT molecular complexity index is 817. The van der Waals surface area contributed by atoms with Gasteiger partial charge in [-0.05, 0) is 55.8 Å². The van der Waals surface area contributed by atoms with Crippen LogP contribution in [0.15, 0.2) is 48.5 Å². The Balaban J connectivity index is 2.10. The van der Waals surface area contributed by atoms with Gasteiger partial charge in [0, 0.05) is 6.08 Å². The van der Waals surface area contributed by atoms with Crippen molar-refractivity contribution in [1.82, 2.24) is 0 Å². The van der Waals surface area contributed by atoms with Gasteiger partial charge in [-0.2, -0.15) is 13.2 Å². The molecular formula is C19H17ClF3NO2. The molecule has 0 saturated heterocycles. The van der Waals surface area contributed by atoms with Gasteiger partial charge in [-0.25, -0.2) is 0 Å². The Labute approximate surface area is 154 Å². The molecule has 0 aromatic heterocycles. The summed E-state index contributed by atoms with van der Waals surface area (Å²) in [6.07, 6.45) is -1.76. The van der Waals surface area contributed by atoms with Crippen LogP contribution in [-0.4, -0.2) is 12.0 Å². The van der Waals surface area contributed by atoms with Crippen molar-refractivity contribution in [2.75, 3.05) is 5.32 Å². The van der Waals surface area contributed by atoms with Gasteiger partial charge in [0.1, 0.15) is 5.75 Å². The van der Waals surface area contributed by atoms with E-state index in [0.29, 0.717) is 11.3 Å². The molecule has 0 heterocycles. The fourth-order valence-corrected chi connectivity index (χ4v) is 2.27. The maximum Gasteiger partial charge on any atom is 0.416 e. The van der Waals surface area contributed by atoms with Crippen LogP contribution >= 0.6 is 11.6 Å². The summed E-state index contributed by atoms with van der Waals surface area (Å²) in [6, 6.07) is 9.84. The van der Waals surface area contributed by atoms with Crippen molar-refractivity contribution in [3.8, 4) is 5.75 Å². The molecule has 138 valence electrons. The number of benzene rings is 2. The Kier molecular flexibility index (Phi) is 6.32. The molecule has 1 N–H and O–H groups in total. The lowest BCUT2D eigenvalue weighted by atomic mass is 10.2. The zero-order valence-corrected chi connectivity index (χ0v) is 14.9. The van der Waals surface area contributed by atoms with E-state index in [0.717, 1.165) is 18.2 Å². The number of anilines is 1. The van der Waals surface area contributed by atoms with Gasteiger partial charge in [-0.3, -0.25) is 4.79 Å². The fraction of sp³-hybridized carbons (Fsp3) is 0.211. The number of hydrogen-bond acceptors (Lipinski definition) is 2. The van der Waals surface area contributed by atoms with E-state index in [9.17, 15) is 18.0 Å². The first-order chi connectivity index (χ1) is 12.1. The molecule has 0 bridgehead atoms. The van der Waals surface area contributed by atoms with Crippen LogP contribution in [-0.2, 0) is 11.0 Å². The van der Waals surface area contributed by atoms with Crippen LogP contribution in [0.25, 0.3) is 6.08 Å². The third-order valence-corrected chi connectivity index (χ3v) is 3.54. The maximum absolute atomic E-state index is 12.8. The summed E-state index contributed by atoms with van der Waals surface area (Å²) in [5.74, 6) is 0.0601. The van der Waals surface area contributed by atoms with E-state index < -0.39 is 17.6 Å². The highest BCUT2D eigenvalue weighted by atomic mass is 35.5. The minimum absolute atomic E-state index is 0.0144. The van der Waals surface area contributed by atoms with Gasteiger partial charge < -0.3 is 10.1 Å². The lowest BCUT2D eigenvalue weighted by molar-refractivity contribution is -0.137. The smallest absolute Gasteiger partial charge is 0.416 e. The summed E-state index contributed by atoms with van der Waals surface area (Å²) < 4.78 is 43.8. The standard InChI is InChI=1S/C19H17ClF3NO2/c1-12(2)26-15-5-3-4-13(10-15)6-9-18(25)24-17-11-14(19(21,22)23)7-8-16(17)20/h3-12H,1-2H3,(H,24,25)/b9-6+. The van der Waals surface area contributed by atoms with E-state index in [1.807, 2.05) is 13.8 Å². The number of alkyl halides is 3. The summed E-state index contributed by atoms with van der Waals surface area (Å²) in [5, 5.41) is 2.37. The molecule has 0 saturated carbocycles. The molecule has 1 amide bonds. The molecule has 0 aliphatic rings. The zero-order chi connectivity index (χ0) is 19.3. The summed E-state index contributed by atoms with van der Waals surface area (Å²) in [7, 11) is 0. The molecule has 0 radical (unpaired) electrons. The van der Waals surface area contributed by atoms with E-state index in [2.05, 4.69) is 5.32 Å². The Morgan fingerprint density at radius 3 is 2.58 bits per heavy atom. The van der Waals surface area contributed by atoms with Crippen molar-refractivity contribution in [1.29, 1.82) is 0 Å². The quantitative estimate of drug-likeness (QED) is 0.663. The van der Waals surface area contributed by atoms with Crippen molar-refractivity contribution in [2.45, 2.75) is 26.1 Å². The molecule has 26 heavy (non-hydrogen) atoms. The monoisotopic (exact) mass is 383 g/mol. The number of rotatable bonds is 5. The summed E-state index contributed by atoms with van der Waals surface area (Å²) in [5.41, 5.74) is -0.277. The number of halogens is 4. The molecule has 7 heteroatoms. The largest absolute Gasteiger partial charge is 0.491 e. The van der Waals surface area contributed by atoms with E-state index in [1.54, 1.807) is 24.3 Å². The molecule has 0 aliphatic heterocycles. The number of carbonyl (C=O) groups is 1. The highest BCUT2D eigenvalue weighted by Crippen LogP contribution is 2.33. The lowest BCUT2D eigenvalue weighted by Gasteiger charge is -2.11. The minimum atomic E-state index is -4.52. The second-order valence-electron chi connectivity index (χ2n) is 5.75. The lowest BCUT2D eigenvalue weighted by Crippen LogP contribution is -2.11. The van der Waals surface area contributed by atoms with Gasteiger partial charge in [0.2, 0.25) is 5.91 Å². The number of nitrogens with one attached hydrogen (secondary N) is 1. The third kappa shape index (κ3) is 5.81. The third-order valence-electron chi connectivity index (χ3n) is 3.21. The van der Waals surface area contributed by atoms with Crippen LogP contribution in [0, 0.1) is 0 Å². The molecule has 2 rings (SSSR count). The van der Waals surface area contributed by atoms with Crippen molar-refractivity contribution in [2.24, 2.45) is 0 Å². The second-order valence-corrected chi connectivity index (χ2v) is 6.16. The van der Waals surface area contributed by atoms with Gasteiger partial charge in [0.15, 0.2) is 0 Å². The summed E-state index contributed by atoms with van der Waals surface area (Å²) in [6.45, 7) is 3.80. The molecule has 3 nitrogen and oxygen atoms in total. The number of ether oxygens (including phenoxy) is 1. The fourth-order valence-electron chi connectivity index (χ4n) is 2.11. The van der Waals surface area contributed by atoms with Gasteiger partial charge in [-0.1, -0.05) is 23.7 Å². The van der Waals surface area contributed by atoms with Crippen LogP contribution < -0.4 is 10.1 Å². The van der Waals surface area contributed by atoms with Crippen molar-refractivity contribution >= 4 is 29.3 Å². The van der Waals surface area contributed by atoms with Gasteiger partial charge in [-0.15, -0.1) is 0 Å². The van der Waals surface area contributed by atoms with Crippen molar-refractivity contribution < 1.29 is 22.7 Å². The van der Waals surface area contributed by atoms with E-state index in [4.69, 9.17) is 16.3 Å². The Morgan fingerprint density at radius 2 is 1.92 bits per heavy atom. The normalized spacial score (nSPS) is 11.8. The van der Waals surface area contributed by atoms with Crippen LogP contribution in [0.1, 0.15) is 25.0 Å². The molecule has 2 aromatic rings. The molecule has 0 fully saturated rings. The van der Waals surface area contributed by atoms with Crippen molar-refractivity contribution in [3.63, 3.8) is 0 Å². The highest BCUT2D eigenvalue weighted by molar-refractivity contribution is 6.33. The molecule has 0 atom stereocenters. The van der Waals surface area contributed by atoms with Crippen molar-refractivity contribution in [3.05, 3.63) is 64.7 Å². The molecule has 0 aliphatic carbocycles. The maximum atomic E-state index is 12.8. The highest BCUT2D eigenvalue weighted by Gasteiger charge is 2.31. The molecule has 0 spiro atoms. The molecule has 2 aromatic carbocycles. The second kappa shape index (κ2) is 8.27.